The summed E-state index contributed by atoms with van der Waals surface area (Å²) in [6.45, 7) is 5.37. The van der Waals surface area contributed by atoms with Crippen molar-refractivity contribution in [3.63, 3.8) is 0 Å². The molecule has 4 heterocycles. The molecular formula is C18H21N7. The molecule has 7 heteroatoms. The summed E-state index contributed by atoms with van der Waals surface area (Å²) in [6.07, 6.45) is 4.66. The maximum Gasteiger partial charge on any atom is 0.151 e. The molecule has 0 amide bonds. The Morgan fingerprint density at radius 3 is 2.80 bits per heavy atom. The molecular weight excluding hydrogens is 314 g/mol. The molecule has 1 aliphatic heterocycles. The largest absolute Gasteiger partial charge is 0.364 e. The van der Waals surface area contributed by atoms with E-state index < -0.39 is 0 Å². The number of imidazole rings is 1. The predicted octanol–water partition coefficient (Wildman–Crippen LogP) is 2.05. The van der Waals surface area contributed by atoms with E-state index in [1.807, 2.05) is 43.5 Å². The average Bonchev–Trinajstić information content (AvgIpc) is 2.91. The number of nitrogens with zero attached hydrogens (tertiary/aromatic N) is 6. The van der Waals surface area contributed by atoms with Crippen molar-refractivity contribution in [1.29, 1.82) is 0 Å². The molecule has 0 aromatic carbocycles. The number of aryl methyl sites for hydroxylation is 1. The summed E-state index contributed by atoms with van der Waals surface area (Å²) in [4.78, 5) is 11.2. The minimum atomic E-state index is 0.717. The number of rotatable bonds is 4. The third-order valence-corrected chi connectivity index (χ3v) is 4.44. The molecule has 0 bridgehead atoms. The van der Waals surface area contributed by atoms with Crippen LogP contribution < -0.4 is 10.2 Å². The van der Waals surface area contributed by atoms with Crippen LogP contribution in [0.15, 0.2) is 42.7 Å². The van der Waals surface area contributed by atoms with Crippen LogP contribution in [0.3, 0.4) is 0 Å². The first-order valence-corrected chi connectivity index (χ1v) is 8.53. The van der Waals surface area contributed by atoms with Gasteiger partial charge in [-0.25, -0.2) is 9.97 Å². The second-order valence-electron chi connectivity index (χ2n) is 6.16. The van der Waals surface area contributed by atoms with E-state index in [1.54, 1.807) is 6.20 Å². The van der Waals surface area contributed by atoms with E-state index in [-0.39, 0.29) is 0 Å². The first-order chi connectivity index (χ1) is 12.3. The lowest BCUT2D eigenvalue weighted by Crippen LogP contribution is -2.28. The quantitative estimate of drug-likeness (QED) is 0.787. The van der Waals surface area contributed by atoms with Crippen molar-refractivity contribution >= 4 is 11.6 Å². The smallest absolute Gasteiger partial charge is 0.151 e. The molecule has 0 saturated heterocycles. The second kappa shape index (κ2) is 6.88. The van der Waals surface area contributed by atoms with Gasteiger partial charge in [-0.15, -0.1) is 5.10 Å². The third-order valence-electron chi connectivity index (χ3n) is 4.44. The zero-order chi connectivity index (χ0) is 17.1. The van der Waals surface area contributed by atoms with Crippen molar-refractivity contribution < 1.29 is 0 Å². The van der Waals surface area contributed by atoms with Crippen molar-refractivity contribution in [2.75, 3.05) is 23.3 Å². The van der Waals surface area contributed by atoms with Gasteiger partial charge in [-0.1, -0.05) is 6.07 Å². The van der Waals surface area contributed by atoms with Gasteiger partial charge >= 0.3 is 0 Å². The third kappa shape index (κ3) is 3.45. The monoisotopic (exact) mass is 335 g/mol. The summed E-state index contributed by atoms with van der Waals surface area (Å²) in [5, 5.41) is 11.8. The Hall–Kier alpha value is -2.96. The van der Waals surface area contributed by atoms with Gasteiger partial charge in [0, 0.05) is 32.3 Å². The highest BCUT2D eigenvalue weighted by molar-refractivity contribution is 5.38. The molecule has 25 heavy (non-hydrogen) atoms. The number of hydrogen-bond acceptors (Lipinski definition) is 6. The number of nitrogens with one attached hydrogen (secondary N) is 1. The fourth-order valence-corrected chi connectivity index (χ4v) is 3.07. The molecule has 0 radical (unpaired) electrons. The highest BCUT2D eigenvalue weighted by Crippen LogP contribution is 2.17. The van der Waals surface area contributed by atoms with E-state index in [9.17, 15) is 0 Å². The van der Waals surface area contributed by atoms with Gasteiger partial charge in [0.2, 0.25) is 0 Å². The Balaban J connectivity index is 1.45. The number of hydrogen-bond donors (Lipinski definition) is 1. The summed E-state index contributed by atoms with van der Waals surface area (Å²) >= 11 is 0. The van der Waals surface area contributed by atoms with Gasteiger partial charge in [0.25, 0.3) is 0 Å². The fraction of sp³-hybridized carbons (Fsp3) is 0.333. The van der Waals surface area contributed by atoms with Gasteiger partial charge in [-0.3, -0.25) is 0 Å². The molecule has 3 aromatic heterocycles. The van der Waals surface area contributed by atoms with Gasteiger partial charge in [0.1, 0.15) is 11.6 Å². The highest BCUT2D eigenvalue weighted by Gasteiger charge is 2.18. The van der Waals surface area contributed by atoms with E-state index in [1.165, 1.54) is 5.69 Å². The zero-order valence-corrected chi connectivity index (χ0v) is 14.3. The standard InChI is InChI=1S/C18H21N7/c1-14-5-6-18(23-22-14)24-9-7-17-21-13-15(25(17)11-10-24)12-20-16-4-2-3-8-19-16/h2-6,8,13H,7,9-12H2,1H3,(H,19,20). The summed E-state index contributed by atoms with van der Waals surface area (Å²) in [5.74, 6) is 2.94. The van der Waals surface area contributed by atoms with Crippen LogP contribution in [0, 0.1) is 6.92 Å². The SMILES string of the molecule is Cc1ccc(N2CCc3ncc(CNc4ccccn4)n3CC2)nn1. The van der Waals surface area contributed by atoms with Crippen LogP contribution in [0.2, 0.25) is 0 Å². The normalized spacial score (nSPS) is 14.0. The Bertz CT molecular complexity index is 826. The first-order valence-electron chi connectivity index (χ1n) is 8.53. The van der Waals surface area contributed by atoms with Crippen LogP contribution in [0.4, 0.5) is 11.6 Å². The molecule has 128 valence electrons. The van der Waals surface area contributed by atoms with E-state index in [0.29, 0.717) is 6.54 Å². The maximum atomic E-state index is 4.61. The maximum absolute atomic E-state index is 4.61. The molecule has 0 spiro atoms. The summed E-state index contributed by atoms with van der Waals surface area (Å²) < 4.78 is 2.30. The second-order valence-corrected chi connectivity index (χ2v) is 6.16. The molecule has 3 aromatic rings. The fourth-order valence-electron chi connectivity index (χ4n) is 3.07. The Labute approximate surface area is 146 Å². The number of anilines is 2. The molecule has 0 fully saturated rings. The molecule has 0 aliphatic carbocycles. The minimum absolute atomic E-state index is 0.717. The topological polar surface area (TPSA) is 71.8 Å². The van der Waals surface area contributed by atoms with E-state index >= 15 is 0 Å². The summed E-state index contributed by atoms with van der Waals surface area (Å²) in [6, 6.07) is 9.91. The van der Waals surface area contributed by atoms with Crippen LogP contribution >= 0.6 is 0 Å². The minimum Gasteiger partial charge on any atom is -0.364 e. The van der Waals surface area contributed by atoms with Gasteiger partial charge in [-0.05, 0) is 31.2 Å². The number of aromatic nitrogens is 5. The molecule has 4 rings (SSSR count). The van der Waals surface area contributed by atoms with Crippen LogP contribution in [-0.2, 0) is 19.5 Å². The van der Waals surface area contributed by atoms with Crippen LogP contribution in [0.1, 0.15) is 17.2 Å². The van der Waals surface area contributed by atoms with Gasteiger partial charge in [0.15, 0.2) is 5.82 Å². The lowest BCUT2D eigenvalue weighted by atomic mass is 10.3. The van der Waals surface area contributed by atoms with Crippen LogP contribution in [0.5, 0.6) is 0 Å². The van der Waals surface area contributed by atoms with Gasteiger partial charge in [0.05, 0.1) is 24.1 Å². The molecule has 0 atom stereocenters. The summed E-state index contributed by atoms with van der Waals surface area (Å²) in [5.41, 5.74) is 2.12. The Morgan fingerprint density at radius 2 is 2.00 bits per heavy atom. The van der Waals surface area contributed by atoms with Crippen LogP contribution in [-0.4, -0.2) is 37.8 Å². The van der Waals surface area contributed by atoms with Crippen LogP contribution in [0.25, 0.3) is 0 Å². The zero-order valence-electron chi connectivity index (χ0n) is 14.3. The number of pyridine rings is 1. The van der Waals surface area contributed by atoms with E-state index in [2.05, 4.69) is 34.9 Å². The predicted molar refractivity (Wildman–Crippen MR) is 96.5 cm³/mol. The number of fused-ring (bicyclic) bond motifs is 1. The lowest BCUT2D eigenvalue weighted by Gasteiger charge is -2.20. The average molecular weight is 335 g/mol. The van der Waals surface area contributed by atoms with Crippen molar-refractivity contribution in [2.24, 2.45) is 0 Å². The molecule has 7 nitrogen and oxygen atoms in total. The van der Waals surface area contributed by atoms with Crippen molar-refractivity contribution in [3.05, 3.63) is 59.9 Å². The van der Waals surface area contributed by atoms with E-state index in [4.69, 9.17) is 0 Å². The Kier molecular flexibility index (Phi) is 4.28. The Morgan fingerprint density at radius 1 is 1.04 bits per heavy atom. The summed E-state index contributed by atoms with van der Waals surface area (Å²) in [7, 11) is 0. The molecule has 0 unspecified atom stereocenters. The van der Waals surface area contributed by atoms with Gasteiger partial charge < -0.3 is 14.8 Å². The first kappa shape index (κ1) is 15.6. The van der Waals surface area contributed by atoms with Crippen molar-refractivity contribution in [2.45, 2.75) is 26.4 Å². The highest BCUT2D eigenvalue weighted by atomic mass is 15.3. The van der Waals surface area contributed by atoms with Crippen molar-refractivity contribution in [3.8, 4) is 0 Å². The molecule has 1 N–H and O–H groups in total. The van der Waals surface area contributed by atoms with Gasteiger partial charge in [-0.2, -0.15) is 5.10 Å². The molecule has 1 aliphatic rings. The lowest BCUT2D eigenvalue weighted by molar-refractivity contribution is 0.656. The van der Waals surface area contributed by atoms with Crippen molar-refractivity contribution in [1.82, 2.24) is 24.7 Å². The molecule has 0 saturated carbocycles. The van der Waals surface area contributed by atoms with E-state index in [0.717, 1.165) is 49.2 Å².